The number of nitrogen functional groups attached to an aromatic ring is 1. The van der Waals surface area contributed by atoms with E-state index in [0.29, 0.717) is 21.5 Å². The van der Waals surface area contributed by atoms with E-state index in [2.05, 4.69) is 26.2 Å². The van der Waals surface area contributed by atoms with Gasteiger partial charge < -0.3 is 11.1 Å². The Morgan fingerprint density at radius 1 is 1.42 bits per heavy atom. The van der Waals surface area contributed by atoms with E-state index in [4.69, 9.17) is 5.73 Å². The van der Waals surface area contributed by atoms with Crippen LogP contribution in [-0.4, -0.2) is 10.9 Å². The molecule has 1 amide bonds. The topological polar surface area (TPSA) is 68.0 Å². The van der Waals surface area contributed by atoms with Crippen molar-refractivity contribution in [1.29, 1.82) is 0 Å². The molecule has 1 aromatic carbocycles. The SMILES string of the molecule is Cc1cc(N)cc(C(=O)Nc2ccc(Br)nc2)c1F. The molecular weight excluding hydrogens is 313 g/mol. The van der Waals surface area contributed by atoms with E-state index in [0.717, 1.165) is 0 Å². The van der Waals surface area contributed by atoms with Crippen molar-refractivity contribution in [3.05, 3.63) is 52.0 Å². The van der Waals surface area contributed by atoms with Crippen molar-refractivity contribution in [1.82, 2.24) is 4.98 Å². The Kier molecular flexibility index (Phi) is 3.80. The molecule has 4 nitrogen and oxygen atoms in total. The molecule has 6 heteroatoms. The average molecular weight is 324 g/mol. The zero-order valence-electron chi connectivity index (χ0n) is 10.1. The zero-order chi connectivity index (χ0) is 14.0. The zero-order valence-corrected chi connectivity index (χ0v) is 11.7. The van der Waals surface area contributed by atoms with Gasteiger partial charge in [0.15, 0.2) is 0 Å². The second kappa shape index (κ2) is 5.36. The highest BCUT2D eigenvalue weighted by molar-refractivity contribution is 9.10. The number of anilines is 2. The van der Waals surface area contributed by atoms with E-state index in [1.165, 1.54) is 18.3 Å². The number of nitrogens with two attached hydrogens (primary N) is 1. The first-order valence-electron chi connectivity index (χ1n) is 5.46. The first kappa shape index (κ1) is 13.5. The number of aryl methyl sites for hydroxylation is 1. The van der Waals surface area contributed by atoms with Gasteiger partial charge in [0.2, 0.25) is 0 Å². The molecule has 0 unspecified atom stereocenters. The number of pyridine rings is 1. The summed E-state index contributed by atoms with van der Waals surface area (Å²) in [4.78, 5) is 15.9. The van der Waals surface area contributed by atoms with Crippen LogP contribution in [0.3, 0.4) is 0 Å². The third-order valence-corrected chi connectivity index (χ3v) is 2.98. The van der Waals surface area contributed by atoms with Gasteiger partial charge in [0.1, 0.15) is 10.4 Å². The number of hydrogen-bond donors (Lipinski definition) is 2. The molecule has 1 aromatic heterocycles. The molecule has 2 aromatic rings. The third kappa shape index (κ3) is 3.08. The third-order valence-electron chi connectivity index (χ3n) is 2.51. The van der Waals surface area contributed by atoms with Gasteiger partial charge in [-0.25, -0.2) is 9.37 Å². The fourth-order valence-electron chi connectivity index (χ4n) is 1.61. The number of carbonyl (C=O) groups excluding carboxylic acids is 1. The second-order valence-electron chi connectivity index (χ2n) is 4.02. The molecule has 0 aliphatic carbocycles. The number of nitrogens with zero attached hydrogens (tertiary/aromatic N) is 1. The minimum Gasteiger partial charge on any atom is -0.399 e. The summed E-state index contributed by atoms with van der Waals surface area (Å²) in [5.74, 6) is -1.13. The van der Waals surface area contributed by atoms with Gasteiger partial charge in [-0.05, 0) is 52.7 Å². The maximum absolute atomic E-state index is 13.9. The minimum atomic E-state index is -0.572. The predicted octanol–water partition coefficient (Wildman–Crippen LogP) is 3.13. The Bertz CT molecular complexity index is 629. The summed E-state index contributed by atoms with van der Waals surface area (Å²) in [5.41, 5.74) is 6.69. The number of amides is 1. The molecule has 3 N–H and O–H groups in total. The van der Waals surface area contributed by atoms with Gasteiger partial charge in [0, 0.05) is 5.69 Å². The molecule has 0 saturated carbocycles. The minimum absolute atomic E-state index is 0.0829. The van der Waals surface area contributed by atoms with Crippen LogP contribution in [0.4, 0.5) is 15.8 Å². The Morgan fingerprint density at radius 2 is 2.16 bits per heavy atom. The van der Waals surface area contributed by atoms with Gasteiger partial charge in [-0.15, -0.1) is 0 Å². The van der Waals surface area contributed by atoms with Crippen molar-refractivity contribution in [3.8, 4) is 0 Å². The van der Waals surface area contributed by atoms with Crippen LogP contribution in [0, 0.1) is 12.7 Å². The molecule has 19 heavy (non-hydrogen) atoms. The molecule has 1 heterocycles. The van der Waals surface area contributed by atoms with Gasteiger partial charge in [-0.1, -0.05) is 0 Å². The summed E-state index contributed by atoms with van der Waals surface area (Å²) in [5, 5.41) is 2.56. The van der Waals surface area contributed by atoms with E-state index in [1.54, 1.807) is 19.1 Å². The number of hydrogen-bond acceptors (Lipinski definition) is 3. The van der Waals surface area contributed by atoms with Crippen molar-refractivity contribution in [2.45, 2.75) is 6.92 Å². The lowest BCUT2D eigenvalue weighted by atomic mass is 10.1. The van der Waals surface area contributed by atoms with Gasteiger partial charge in [-0.2, -0.15) is 0 Å². The molecule has 2 rings (SSSR count). The average Bonchev–Trinajstić information content (AvgIpc) is 2.36. The highest BCUT2D eigenvalue weighted by Gasteiger charge is 2.15. The fraction of sp³-hybridized carbons (Fsp3) is 0.0769. The summed E-state index contributed by atoms with van der Waals surface area (Å²) in [6.07, 6.45) is 1.47. The van der Waals surface area contributed by atoms with E-state index in [9.17, 15) is 9.18 Å². The summed E-state index contributed by atoms with van der Waals surface area (Å²) in [6.45, 7) is 1.56. The van der Waals surface area contributed by atoms with Crippen LogP contribution in [0.1, 0.15) is 15.9 Å². The number of carbonyl (C=O) groups is 1. The Labute approximate surface area is 118 Å². The largest absolute Gasteiger partial charge is 0.399 e. The maximum atomic E-state index is 13.9. The Morgan fingerprint density at radius 3 is 2.79 bits per heavy atom. The highest BCUT2D eigenvalue weighted by Crippen LogP contribution is 2.19. The molecule has 0 saturated heterocycles. The smallest absolute Gasteiger partial charge is 0.258 e. The first-order valence-corrected chi connectivity index (χ1v) is 6.25. The van der Waals surface area contributed by atoms with Crippen LogP contribution in [-0.2, 0) is 0 Å². The monoisotopic (exact) mass is 323 g/mol. The summed E-state index contributed by atoms with van der Waals surface area (Å²) in [7, 11) is 0. The summed E-state index contributed by atoms with van der Waals surface area (Å²) >= 11 is 3.19. The lowest BCUT2D eigenvalue weighted by Gasteiger charge is -2.08. The molecule has 0 radical (unpaired) electrons. The van der Waals surface area contributed by atoms with E-state index in [-0.39, 0.29) is 5.56 Å². The van der Waals surface area contributed by atoms with Crippen LogP contribution < -0.4 is 11.1 Å². The molecule has 98 valence electrons. The number of benzene rings is 1. The highest BCUT2D eigenvalue weighted by atomic mass is 79.9. The van der Waals surface area contributed by atoms with Crippen molar-refractivity contribution in [2.24, 2.45) is 0 Å². The lowest BCUT2D eigenvalue weighted by molar-refractivity contribution is 0.102. The molecule has 0 aliphatic rings. The van der Waals surface area contributed by atoms with E-state index >= 15 is 0 Å². The Balaban J connectivity index is 2.27. The van der Waals surface area contributed by atoms with Crippen molar-refractivity contribution < 1.29 is 9.18 Å². The van der Waals surface area contributed by atoms with E-state index < -0.39 is 11.7 Å². The van der Waals surface area contributed by atoms with Crippen LogP contribution in [0.25, 0.3) is 0 Å². The van der Waals surface area contributed by atoms with E-state index in [1.807, 2.05) is 0 Å². The number of nitrogens with one attached hydrogen (secondary N) is 1. The van der Waals surface area contributed by atoms with Crippen LogP contribution in [0.15, 0.2) is 35.1 Å². The van der Waals surface area contributed by atoms with Crippen LogP contribution in [0.2, 0.25) is 0 Å². The first-order chi connectivity index (χ1) is 8.97. The van der Waals surface area contributed by atoms with Crippen LogP contribution in [0.5, 0.6) is 0 Å². The number of rotatable bonds is 2. The van der Waals surface area contributed by atoms with Crippen molar-refractivity contribution in [2.75, 3.05) is 11.1 Å². The Hall–Kier alpha value is -1.95. The molecule has 0 atom stereocenters. The van der Waals surface area contributed by atoms with Crippen LogP contribution >= 0.6 is 15.9 Å². The summed E-state index contributed by atoms with van der Waals surface area (Å²) < 4.78 is 14.5. The fourth-order valence-corrected chi connectivity index (χ4v) is 1.85. The van der Waals surface area contributed by atoms with Crippen molar-refractivity contribution >= 4 is 33.2 Å². The second-order valence-corrected chi connectivity index (χ2v) is 4.84. The summed E-state index contributed by atoms with van der Waals surface area (Å²) in [6, 6.07) is 6.12. The quantitative estimate of drug-likeness (QED) is 0.659. The lowest BCUT2D eigenvalue weighted by Crippen LogP contribution is -2.15. The van der Waals surface area contributed by atoms with Gasteiger partial charge in [0.25, 0.3) is 5.91 Å². The number of aromatic nitrogens is 1. The van der Waals surface area contributed by atoms with Crippen molar-refractivity contribution in [3.63, 3.8) is 0 Å². The van der Waals surface area contributed by atoms with Gasteiger partial charge in [0.05, 0.1) is 17.4 Å². The van der Waals surface area contributed by atoms with Gasteiger partial charge >= 0.3 is 0 Å². The maximum Gasteiger partial charge on any atom is 0.258 e. The predicted molar refractivity (Wildman–Crippen MR) is 75.4 cm³/mol. The normalized spacial score (nSPS) is 10.3. The molecule has 0 spiro atoms. The number of halogens is 2. The molecule has 0 aliphatic heterocycles. The molecule has 0 fully saturated rings. The van der Waals surface area contributed by atoms with Gasteiger partial charge in [-0.3, -0.25) is 4.79 Å². The standard InChI is InChI=1S/C13H11BrFN3O/c1-7-4-8(16)5-10(12(7)15)13(19)18-9-2-3-11(14)17-6-9/h2-6H,16H2,1H3,(H,18,19). The molecular formula is C13H11BrFN3O. The molecule has 0 bridgehead atoms.